The summed E-state index contributed by atoms with van der Waals surface area (Å²) < 4.78 is 14.0. The molecule has 1 saturated heterocycles. The molecule has 2 rings (SSSR count). The number of nitrogen functional groups attached to an aromatic ring is 1. The van der Waals surface area contributed by atoms with Crippen LogP contribution in [0.25, 0.3) is 0 Å². The molecule has 0 amide bonds. The Bertz CT molecular complexity index is 523. The Kier molecular flexibility index (Phi) is 3.88. The average molecular weight is 280 g/mol. The highest BCUT2D eigenvalue weighted by Gasteiger charge is 2.29. The van der Waals surface area contributed by atoms with E-state index in [4.69, 9.17) is 10.8 Å². The molecule has 0 radical (unpaired) electrons. The highest BCUT2D eigenvalue weighted by atomic mass is 19.1. The third-order valence-electron chi connectivity index (χ3n) is 4.51. The summed E-state index contributed by atoms with van der Waals surface area (Å²) in [5, 5.41) is 9.08. The molecule has 1 heterocycles. The van der Waals surface area contributed by atoms with E-state index in [-0.39, 0.29) is 11.3 Å². The number of carbonyl (C=O) groups is 1. The molecule has 110 valence electrons. The van der Waals surface area contributed by atoms with Crippen LogP contribution in [0.4, 0.5) is 15.8 Å². The summed E-state index contributed by atoms with van der Waals surface area (Å²) in [7, 11) is 0. The van der Waals surface area contributed by atoms with Gasteiger partial charge in [0, 0.05) is 18.8 Å². The van der Waals surface area contributed by atoms with E-state index in [0.29, 0.717) is 11.1 Å². The number of hydrogen-bond donors (Lipinski definition) is 2. The van der Waals surface area contributed by atoms with Crippen LogP contribution in [0.15, 0.2) is 12.1 Å². The van der Waals surface area contributed by atoms with Crippen LogP contribution in [0.2, 0.25) is 0 Å². The van der Waals surface area contributed by atoms with Gasteiger partial charge in [-0.2, -0.15) is 0 Å². The molecule has 20 heavy (non-hydrogen) atoms. The molecule has 1 aliphatic rings. The maximum absolute atomic E-state index is 14.0. The number of nitrogens with zero attached hydrogens (tertiary/aromatic N) is 1. The van der Waals surface area contributed by atoms with E-state index in [0.717, 1.165) is 38.4 Å². The molecule has 0 atom stereocenters. The van der Waals surface area contributed by atoms with Crippen molar-refractivity contribution in [2.24, 2.45) is 5.41 Å². The second-order valence-corrected chi connectivity index (χ2v) is 5.85. The van der Waals surface area contributed by atoms with Crippen molar-refractivity contribution in [2.45, 2.75) is 33.1 Å². The first-order chi connectivity index (χ1) is 9.36. The van der Waals surface area contributed by atoms with E-state index in [1.54, 1.807) is 0 Å². The zero-order valence-corrected chi connectivity index (χ0v) is 11.9. The molecule has 0 unspecified atom stereocenters. The van der Waals surface area contributed by atoms with Gasteiger partial charge in [0.1, 0.15) is 5.82 Å². The van der Waals surface area contributed by atoms with Gasteiger partial charge in [0.25, 0.3) is 0 Å². The lowest BCUT2D eigenvalue weighted by Gasteiger charge is -2.40. The number of carboxylic acids is 1. The lowest BCUT2D eigenvalue weighted by Crippen LogP contribution is -2.39. The molecule has 0 bridgehead atoms. The van der Waals surface area contributed by atoms with Gasteiger partial charge in [-0.1, -0.05) is 20.3 Å². The monoisotopic (exact) mass is 280 g/mol. The topological polar surface area (TPSA) is 66.6 Å². The number of halogens is 1. The number of piperidine rings is 1. The zero-order chi connectivity index (χ0) is 14.9. The third-order valence-corrected chi connectivity index (χ3v) is 4.51. The van der Waals surface area contributed by atoms with Crippen molar-refractivity contribution < 1.29 is 14.3 Å². The van der Waals surface area contributed by atoms with Crippen LogP contribution in [-0.4, -0.2) is 24.2 Å². The van der Waals surface area contributed by atoms with Crippen molar-refractivity contribution in [2.75, 3.05) is 23.7 Å². The molecule has 1 aliphatic heterocycles. The number of aromatic carboxylic acids is 1. The number of carboxylic acid groups (broad SMARTS) is 1. The first-order valence-electron chi connectivity index (χ1n) is 6.93. The van der Waals surface area contributed by atoms with Crippen molar-refractivity contribution in [1.29, 1.82) is 0 Å². The Morgan fingerprint density at radius 1 is 1.45 bits per heavy atom. The molecule has 1 fully saturated rings. The van der Waals surface area contributed by atoms with Crippen LogP contribution in [0.3, 0.4) is 0 Å². The average Bonchev–Trinajstić information content (AvgIpc) is 2.40. The molecular formula is C15H21FN2O2. The highest BCUT2D eigenvalue weighted by Crippen LogP contribution is 2.37. The van der Waals surface area contributed by atoms with Crippen LogP contribution < -0.4 is 10.6 Å². The summed E-state index contributed by atoms with van der Waals surface area (Å²) in [5.74, 6) is -1.58. The Hall–Kier alpha value is -1.78. The fraction of sp³-hybridized carbons (Fsp3) is 0.533. The van der Waals surface area contributed by atoms with Crippen molar-refractivity contribution in [3.05, 3.63) is 23.5 Å². The van der Waals surface area contributed by atoms with Crippen LogP contribution >= 0.6 is 0 Å². The Morgan fingerprint density at radius 2 is 2.05 bits per heavy atom. The first kappa shape index (κ1) is 14.6. The van der Waals surface area contributed by atoms with Gasteiger partial charge in [0.15, 0.2) is 0 Å². The summed E-state index contributed by atoms with van der Waals surface area (Å²) >= 11 is 0. The van der Waals surface area contributed by atoms with E-state index in [9.17, 15) is 9.18 Å². The molecular weight excluding hydrogens is 259 g/mol. The number of benzene rings is 1. The molecule has 5 heteroatoms. The smallest absolute Gasteiger partial charge is 0.337 e. The predicted molar refractivity (Wildman–Crippen MR) is 77.6 cm³/mol. The van der Waals surface area contributed by atoms with Crippen LogP contribution in [0.1, 0.15) is 43.5 Å². The van der Waals surface area contributed by atoms with Gasteiger partial charge >= 0.3 is 5.97 Å². The lowest BCUT2D eigenvalue weighted by molar-refractivity contribution is 0.0698. The van der Waals surface area contributed by atoms with Crippen molar-refractivity contribution >= 4 is 17.3 Å². The summed E-state index contributed by atoms with van der Waals surface area (Å²) in [6.07, 6.45) is 3.07. The van der Waals surface area contributed by atoms with Gasteiger partial charge < -0.3 is 15.7 Å². The molecule has 0 spiro atoms. The molecule has 1 aromatic rings. The number of anilines is 2. The first-order valence-corrected chi connectivity index (χ1v) is 6.93. The van der Waals surface area contributed by atoms with E-state index in [2.05, 4.69) is 13.8 Å². The van der Waals surface area contributed by atoms with Gasteiger partial charge in [-0.25, -0.2) is 9.18 Å². The van der Waals surface area contributed by atoms with Crippen LogP contribution in [0.5, 0.6) is 0 Å². The SMILES string of the molecule is CCC1(C)CCN(c2cc(C(=O)O)c(N)cc2F)CC1. The van der Waals surface area contributed by atoms with E-state index >= 15 is 0 Å². The van der Waals surface area contributed by atoms with E-state index < -0.39 is 11.8 Å². The molecule has 4 nitrogen and oxygen atoms in total. The molecule has 0 aliphatic carbocycles. The van der Waals surface area contributed by atoms with Gasteiger partial charge in [0.2, 0.25) is 0 Å². The largest absolute Gasteiger partial charge is 0.478 e. The molecule has 0 saturated carbocycles. The number of rotatable bonds is 3. The molecule has 3 N–H and O–H groups in total. The Morgan fingerprint density at radius 3 is 2.55 bits per heavy atom. The van der Waals surface area contributed by atoms with Crippen LogP contribution in [0, 0.1) is 11.2 Å². The van der Waals surface area contributed by atoms with Crippen molar-refractivity contribution in [1.82, 2.24) is 0 Å². The minimum absolute atomic E-state index is 0.0332. The lowest BCUT2D eigenvalue weighted by atomic mass is 9.78. The van der Waals surface area contributed by atoms with Crippen molar-refractivity contribution in [3.8, 4) is 0 Å². The Balaban J connectivity index is 2.26. The summed E-state index contributed by atoms with van der Waals surface area (Å²) in [6.45, 7) is 5.89. The quantitative estimate of drug-likeness (QED) is 0.835. The normalized spacial score (nSPS) is 18.1. The number of nitrogens with two attached hydrogens (primary N) is 1. The fourth-order valence-electron chi connectivity index (χ4n) is 2.65. The summed E-state index contributed by atoms with van der Waals surface area (Å²) in [4.78, 5) is 13.0. The highest BCUT2D eigenvalue weighted by molar-refractivity contribution is 5.95. The van der Waals surface area contributed by atoms with E-state index in [1.807, 2.05) is 4.90 Å². The van der Waals surface area contributed by atoms with E-state index in [1.165, 1.54) is 6.07 Å². The minimum atomic E-state index is -1.13. The van der Waals surface area contributed by atoms with Gasteiger partial charge in [-0.3, -0.25) is 0 Å². The van der Waals surface area contributed by atoms with Gasteiger partial charge in [0.05, 0.1) is 11.3 Å². The standard InChI is InChI=1S/C15H21FN2O2/c1-3-15(2)4-6-18(7-5-15)13-8-10(14(19)20)12(17)9-11(13)16/h8-9H,3-7,17H2,1-2H3,(H,19,20). The number of hydrogen-bond acceptors (Lipinski definition) is 3. The second kappa shape index (κ2) is 5.31. The van der Waals surface area contributed by atoms with Gasteiger partial charge in [-0.05, 0) is 30.4 Å². The molecule has 0 aromatic heterocycles. The predicted octanol–water partition coefficient (Wildman–Crippen LogP) is 3.12. The minimum Gasteiger partial charge on any atom is -0.478 e. The summed E-state index contributed by atoms with van der Waals surface area (Å²) in [6, 6.07) is 2.45. The maximum atomic E-state index is 14.0. The van der Waals surface area contributed by atoms with Crippen LogP contribution in [-0.2, 0) is 0 Å². The summed E-state index contributed by atoms with van der Waals surface area (Å²) in [5.41, 5.74) is 6.12. The Labute approximate surface area is 118 Å². The third kappa shape index (κ3) is 2.71. The molecule has 1 aromatic carbocycles. The zero-order valence-electron chi connectivity index (χ0n) is 11.9. The fourth-order valence-corrected chi connectivity index (χ4v) is 2.65. The maximum Gasteiger partial charge on any atom is 0.337 e. The van der Waals surface area contributed by atoms with Gasteiger partial charge in [-0.15, -0.1) is 0 Å². The second-order valence-electron chi connectivity index (χ2n) is 5.85. The van der Waals surface area contributed by atoms with Crippen molar-refractivity contribution in [3.63, 3.8) is 0 Å².